The maximum atomic E-state index is 3.74. The second-order valence-corrected chi connectivity index (χ2v) is 22.9. The molecule has 0 radical (unpaired) electrons. The van der Waals surface area contributed by atoms with Crippen LogP contribution >= 0.6 is 0 Å². The van der Waals surface area contributed by atoms with Crippen molar-refractivity contribution in [3.05, 3.63) is 0 Å². The summed E-state index contributed by atoms with van der Waals surface area (Å²) >= 11 is -2.32. The van der Waals surface area contributed by atoms with Crippen LogP contribution in [0.2, 0.25) is 16.5 Å². The molecular weight excluding hydrogens is 213 g/mol. The normalized spacial score (nSPS) is 15.9. The zero-order valence-corrected chi connectivity index (χ0v) is 11.3. The van der Waals surface area contributed by atoms with Crippen LogP contribution in [0.15, 0.2) is 0 Å². The second kappa shape index (κ2) is 4.19. The van der Waals surface area contributed by atoms with E-state index in [2.05, 4.69) is 38.0 Å². The minimum absolute atomic E-state index is 1.43. The summed E-state index contributed by atoms with van der Waals surface area (Å²) in [7, 11) is 2.19. The van der Waals surface area contributed by atoms with Gasteiger partial charge in [-0.15, -0.1) is 0 Å². The van der Waals surface area contributed by atoms with Gasteiger partial charge in [-0.1, -0.05) is 0 Å². The van der Waals surface area contributed by atoms with Gasteiger partial charge in [0.15, 0.2) is 0 Å². The van der Waals surface area contributed by atoms with Gasteiger partial charge >= 0.3 is 73.6 Å². The van der Waals surface area contributed by atoms with E-state index in [0.29, 0.717) is 0 Å². The SMILES string of the molecule is C[CH2][Zr]([CH2]C)([CH2]C)([CH2]C)[NH]C. The molecule has 0 aliphatic heterocycles. The Labute approximate surface area is 73.5 Å². The molecule has 69 valence electrons. The fourth-order valence-electron chi connectivity index (χ4n) is 2.21. The van der Waals surface area contributed by atoms with Crippen LogP contribution in [-0.4, -0.2) is 7.05 Å². The predicted molar refractivity (Wildman–Crippen MR) is 51.0 cm³/mol. The average Bonchev–Trinajstić information content (AvgIpc) is 2.12. The maximum absolute atomic E-state index is 3.74. The molecule has 0 atom stereocenters. The van der Waals surface area contributed by atoms with Crippen molar-refractivity contribution in [1.82, 2.24) is 3.26 Å². The summed E-state index contributed by atoms with van der Waals surface area (Å²) in [6.45, 7) is 9.49. The monoisotopic (exact) mass is 236 g/mol. The summed E-state index contributed by atoms with van der Waals surface area (Å²) in [5, 5.41) is 0. The van der Waals surface area contributed by atoms with Gasteiger partial charge in [0.05, 0.1) is 0 Å². The molecule has 0 aromatic carbocycles. The molecule has 0 rings (SSSR count). The van der Waals surface area contributed by atoms with E-state index in [9.17, 15) is 0 Å². The van der Waals surface area contributed by atoms with Gasteiger partial charge in [-0.2, -0.15) is 0 Å². The van der Waals surface area contributed by atoms with Crippen LogP contribution in [0.3, 0.4) is 0 Å². The Morgan fingerprint density at radius 2 is 1.09 bits per heavy atom. The third kappa shape index (κ3) is 1.95. The van der Waals surface area contributed by atoms with Crippen molar-refractivity contribution in [2.75, 3.05) is 7.05 Å². The van der Waals surface area contributed by atoms with Crippen LogP contribution < -0.4 is 3.26 Å². The minimum atomic E-state index is -2.32. The second-order valence-electron chi connectivity index (χ2n) is 3.87. The van der Waals surface area contributed by atoms with Crippen LogP contribution in [0.1, 0.15) is 27.7 Å². The topological polar surface area (TPSA) is 12.0 Å². The van der Waals surface area contributed by atoms with Gasteiger partial charge in [-0.3, -0.25) is 0 Å². The zero-order chi connectivity index (χ0) is 8.98. The summed E-state index contributed by atoms with van der Waals surface area (Å²) in [5.74, 6) is 0. The standard InChI is InChI=1S/4C2H5.CH4N.Zr/c5*1-2;/h4*1H2,2H3;2H,1H3;/q;;;;-1;+1. The van der Waals surface area contributed by atoms with Crippen LogP contribution in [0.5, 0.6) is 0 Å². The Morgan fingerprint density at radius 1 is 0.818 bits per heavy atom. The van der Waals surface area contributed by atoms with Crippen molar-refractivity contribution < 1.29 is 19.1 Å². The van der Waals surface area contributed by atoms with Crippen molar-refractivity contribution in [2.24, 2.45) is 0 Å². The Balaban J connectivity index is 4.67. The van der Waals surface area contributed by atoms with Crippen molar-refractivity contribution in [1.29, 1.82) is 0 Å². The van der Waals surface area contributed by atoms with Gasteiger partial charge in [0.25, 0.3) is 0 Å². The summed E-state index contributed by atoms with van der Waals surface area (Å²) in [6.07, 6.45) is 0. The van der Waals surface area contributed by atoms with Gasteiger partial charge < -0.3 is 0 Å². The van der Waals surface area contributed by atoms with Gasteiger partial charge in [-0.25, -0.2) is 0 Å². The van der Waals surface area contributed by atoms with E-state index in [1.165, 1.54) is 16.5 Å². The Morgan fingerprint density at radius 3 is 1.09 bits per heavy atom. The molecule has 0 aromatic rings. The first-order valence-corrected chi connectivity index (χ1v) is 13.2. The molecule has 0 unspecified atom stereocenters. The quantitative estimate of drug-likeness (QED) is 0.771. The molecule has 11 heavy (non-hydrogen) atoms. The molecule has 0 aromatic heterocycles. The first kappa shape index (κ1) is 11.8. The number of nitrogens with one attached hydrogen (secondary N) is 1. The average molecular weight is 238 g/mol. The van der Waals surface area contributed by atoms with E-state index in [1.807, 2.05) is 0 Å². The molecule has 0 aliphatic rings. The van der Waals surface area contributed by atoms with Crippen LogP contribution in [-0.2, 0) is 19.1 Å². The fourth-order valence-corrected chi connectivity index (χ4v) is 13.1. The van der Waals surface area contributed by atoms with Crippen molar-refractivity contribution in [3.8, 4) is 0 Å². The fraction of sp³-hybridized carbons (Fsp3) is 1.00. The van der Waals surface area contributed by atoms with E-state index in [1.54, 1.807) is 0 Å². The van der Waals surface area contributed by atoms with E-state index in [4.69, 9.17) is 0 Å². The number of rotatable bonds is 5. The Kier molecular flexibility index (Phi) is 4.51. The molecule has 0 heterocycles. The van der Waals surface area contributed by atoms with E-state index < -0.39 is 19.1 Å². The van der Waals surface area contributed by atoms with Crippen molar-refractivity contribution in [3.63, 3.8) is 0 Å². The summed E-state index contributed by atoms with van der Waals surface area (Å²) < 4.78 is 9.46. The third-order valence-electron chi connectivity index (χ3n) is 4.41. The molecule has 1 nitrogen and oxygen atoms in total. The van der Waals surface area contributed by atoms with Gasteiger partial charge in [0.1, 0.15) is 0 Å². The molecule has 0 fully saturated rings. The predicted octanol–water partition coefficient (Wildman–Crippen LogP) is 3.56. The van der Waals surface area contributed by atoms with Gasteiger partial charge in [-0.05, 0) is 0 Å². The number of hydrogen-bond acceptors (Lipinski definition) is 1. The van der Waals surface area contributed by atoms with Gasteiger partial charge in [0.2, 0.25) is 0 Å². The van der Waals surface area contributed by atoms with Crippen LogP contribution in [0, 0.1) is 0 Å². The van der Waals surface area contributed by atoms with Crippen LogP contribution in [0.25, 0.3) is 0 Å². The first-order chi connectivity index (χ1) is 5.12. The third-order valence-corrected chi connectivity index (χ3v) is 26.1. The number of hydrogen-bond donors (Lipinski definition) is 1. The van der Waals surface area contributed by atoms with Gasteiger partial charge in [0, 0.05) is 0 Å². The molecule has 0 bridgehead atoms. The molecule has 1 N–H and O–H groups in total. The molecule has 0 amide bonds. The zero-order valence-electron chi connectivity index (χ0n) is 8.83. The van der Waals surface area contributed by atoms with E-state index in [-0.39, 0.29) is 0 Å². The Hall–Kier alpha value is 0.843. The van der Waals surface area contributed by atoms with E-state index in [0.717, 1.165) is 0 Å². The first-order valence-electron chi connectivity index (χ1n) is 4.99. The van der Waals surface area contributed by atoms with Crippen LogP contribution in [0.4, 0.5) is 0 Å². The molecule has 2 heteroatoms. The summed E-state index contributed by atoms with van der Waals surface area (Å²) in [4.78, 5) is 0. The Bertz CT molecular complexity index is 81.9. The molecular formula is C9H24NZr. The summed E-state index contributed by atoms with van der Waals surface area (Å²) in [5.41, 5.74) is 0. The van der Waals surface area contributed by atoms with Crippen molar-refractivity contribution in [2.45, 2.75) is 44.2 Å². The molecule has 0 saturated heterocycles. The van der Waals surface area contributed by atoms with E-state index >= 15 is 0 Å². The molecule has 0 spiro atoms. The summed E-state index contributed by atoms with van der Waals surface area (Å²) in [6, 6.07) is 0. The molecule has 0 saturated carbocycles. The molecule has 0 aliphatic carbocycles. The van der Waals surface area contributed by atoms with Crippen molar-refractivity contribution >= 4 is 0 Å².